The summed E-state index contributed by atoms with van der Waals surface area (Å²) in [6.07, 6.45) is 0. The number of hydrogen-bond acceptors (Lipinski definition) is 4. The van der Waals surface area contributed by atoms with Crippen LogP contribution in [0.15, 0.2) is 24.3 Å². The molecule has 25 heavy (non-hydrogen) atoms. The topological polar surface area (TPSA) is 70.7 Å². The van der Waals surface area contributed by atoms with Crippen LogP contribution in [-0.2, 0) is 27.4 Å². The van der Waals surface area contributed by atoms with Crippen LogP contribution in [0.3, 0.4) is 0 Å². The van der Waals surface area contributed by atoms with E-state index < -0.39 is 5.41 Å². The molecule has 0 saturated carbocycles. The standard InChI is InChI=1S/C19H29N3O3/c1-19(2,3)18(24)21-13-17(23)20-12-15-4-6-16(7-5-15)14-22-8-10-25-11-9-22/h4-7H,8-14H2,1-3H3,(H,20,23)(H,21,24). The lowest BCUT2D eigenvalue weighted by atomic mass is 9.96. The summed E-state index contributed by atoms with van der Waals surface area (Å²) in [4.78, 5) is 25.9. The van der Waals surface area contributed by atoms with Crippen LogP contribution in [-0.4, -0.2) is 49.6 Å². The summed E-state index contributed by atoms with van der Waals surface area (Å²) in [6.45, 7) is 10.4. The van der Waals surface area contributed by atoms with Crippen molar-refractivity contribution in [1.29, 1.82) is 0 Å². The molecule has 1 aromatic rings. The lowest BCUT2D eigenvalue weighted by Crippen LogP contribution is -2.41. The number of benzene rings is 1. The van der Waals surface area contributed by atoms with Crippen molar-refractivity contribution in [1.82, 2.24) is 15.5 Å². The molecule has 1 saturated heterocycles. The first-order chi connectivity index (χ1) is 11.8. The van der Waals surface area contributed by atoms with Crippen molar-refractivity contribution < 1.29 is 14.3 Å². The first-order valence-corrected chi connectivity index (χ1v) is 8.77. The highest BCUT2D eigenvalue weighted by Gasteiger charge is 2.21. The fourth-order valence-corrected chi connectivity index (χ4v) is 2.47. The van der Waals surface area contributed by atoms with Crippen LogP contribution in [0.4, 0.5) is 0 Å². The smallest absolute Gasteiger partial charge is 0.239 e. The van der Waals surface area contributed by atoms with Crippen molar-refractivity contribution in [2.24, 2.45) is 5.41 Å². The highest BCUT2D eigenvalue weighted by molar-refractivity contribution is 5.87. The number of hydrogen-bond donors (Lipinski definition) is 2. The number of nitrogens with zero attached hydrogens (tertiary/aromatic N) is 1. The number of amides is 2. The van der Waals surface area contributed by atoms with Crippen LogP contribution in [0.1, 0.15) is 31.9 Å². The molecule has 1 aliphatic heterocycles. The second-order valence-electron chi connectivity index (χ2n) is 7.41. The third-order valence-corrected chi connectivity index (χ3v) is 4.11. The Morgan fingerprint density at radius 1 is 1.04 bits per heavy atom. The van der Waals surface area contributed by atoms with E-state index in [0.29, 0.717) is 6.54 Å². The summed E-state index contributed by atoms with van der Waals surface area (Å²) in [5.74, 6) is -0.315. The Hall–Kier alpha value is -1.92. The molecule has 1 heterocycles. The molecule has 0 atom stereocenters. The van der Waals surface area contributed by atoms with Crippen molar-refractivity contribution in [2.45, 2.75) is 33.9 Å². The Balaban J connectivity index is 1.71. The van der Waals surface area contributed by atoms with Gasteiger partial charge in [0.2, 0.25) is 11.8 Å². The Bertz CT molecular complexity index is 573. The molecular formula is C19H29N3O3. The molecular weight excluding hydrogens is 318 g/mol. The van der Waals surface area contributed by atoms with Gasteiger partial charge in [0.05, 0.1) is 19.8 Å². The van der Waals surface area contributed by atoms with Crippen molar-refractivity contribution in [3.05, 3.63) is 35.4 Å². The summed E-state index contributed by atoms with van der Waals surface area (Å²) in [6, 6.07) is 8.25. The fourth-order valence-electron chi connectivity index (χ4n) is 2.47. The fraction of sp³-hybridized carbons (Fsp3) is 0.579. The number of carbonyl (C=O) groups excluding carboxylic acids is 2. The third-order valence-electron chi connectivity index (χ3n) is 4.11. The molecule has 0 spiro atoms. The number of morpholine rings is 1. The molecule has 2 N–H and O–H groups in total. The summed E-state index contributed by atoms with van der Waals surface area (Å²) in [7, 11) is 0. The molecule has 6 nitrogen and oxygen atoms in total. The molecule has 1 aliphatic rings. The zero-order chi connectivity index (χ0) is 18.3. The highest BCUT2D eigenvalue weighted by atomic mass is 16.5. The maximum Gasteiger partial charge on any atom is 0.239 e. The molecule has 0 radical (unpaired) electrons. The number of carbonyl (C=O) groups is 2. The van der Waals surface area contributed by atoms with Gasteiger partial charge in [-0.2, -0.15) is 0 Å². The largest absolute Gasteiger partial charge is 0.379 e. The van der Waals surface area contributed by atoms with Crippen molar-refractivity contribution in [2.75, 3.05) is 32.8 Å². The van der Waals surface area contributed by atoms with E-state index in [1.807, 2.05) is 32.9 Å². The van der Waals surface area contributed by atoms with Crippen molar-refractivity contribution in [3.63, 3.8) is 0 Å². The summed E-state index contributed by atoms with van der Waals surface area (Å²) in [5.41, 5.74) is 1.81. The number of nitrogens with one attached hydrogen (secondary N) is 2. The molecule has 0 aliphatic carbocycles. The molecule has 138 valence electrons. The normalized spacial score (nSPS) is 15.6. The molecule has 2 rings (SSSR count). The van der Waals surface area contributed by atoms with Gasteiger partial charge in [-0.05, 0) is 11.1 Å². The zero-order valence-electron chi connectivity index (χ0n) is 15.4. The number of rotatable bonds is 6. The van der Waals surface area contributed by atoms with Crippen LogP contribution in [0, 0.1) is 5.41 Å². The van der Waals surface area contributed by atoms with Crippen molar-refractivity contribution in [3.8, 4) is 0 Å². The van der Waals surface area contributed by atoms with Gasteiger partial charge < -0.3 is 15.4 Å². The average molecular weight is 347 g/mol. The predicted molar refractivity (Wildman–Crippen MR) is 96.8 cm³/mol. The van der Waals surface area contributed by atoms with Gasteiger partial charge in [0.25, 0.3) is 0 Å². The summed E-state index contributed by atoms with van der Waals surface area (Å²) >= 11 is 0. The van der Waals surface area contributed by atoms with Gasteiger partial charge >= 0.3 is 0 Å². The van der Waals surface area contributed by atoms with E-state index in [1.54, 1.807) is 0 Å². The predicted octanol–water partition coefficient (Wildman–Crippen LogP) is 1.30. The van der Waals surface area contributed by atoms with E-state index in [4.69, 9.17) is 4.74 Å². The summed E-state index contributed by atoms with van der Waals surface area (Å²) < 4.78 is 5.36. The monoisotopic (exact) mass is 347 g/mol. The van der Waals surface area contributed by atoms with Crippen molar-refractivity contribution >= 4 is 11.8 Å². The zero-order valence-corrected chi connectivity index (χ0v) is 15.4. The second-order valence-corrected chi connectivity index (χ2v) is 7.41. The van der Waals surface area contributed by atoms with Gasteiger partial charge in [0.15, 0.2) is 0 Å². The van der Waals surface area contributed by atoms with Crippen LogP contribution in [0.25, 0.3) is 0 Å². The lowest BCUT2D eigenvalue weighted by molar-refractivity contribution is -0.131. The summed E-state index contributed by atoms with van der Waals surface area (Å²) in [5, 5.41) is 5.47. The highest BCUT2D eigenvalue weighted by Crippen LogP contribution is 2.12. The van der Waals surface area contributed by atoms with E-state index in [-0.39, 0.29) is 18.4 Å². The van der Waals surface area contributed by atoms with Gasteiger partial charge in [0, 0.05) is 31.6 Å². The van der Waals surface area contributed by atoms with Gasteiger partial charge in [-0.15, -0.1) is 0 Å². The van der Waals surface area contributed by atoms with E-state index in [0.717, 1.165) is 38.4 Å². The minimum absolute atomic E-state index is 0.00518. The lowest BCUT2D eigenvalue weighted by Gasteiger charge is -2.26. The Morgan fingerprint density at radius 2 is 1.64 bits per heavy atom. The first kappa shape index (κ1) is 19.4. The molecule has 1 fully saturated rings. The van der Waals surface area contributed by atoms with E-state index in [1.165, 1.54) is 5.56 Å². The quantitative estimate of drug-likeness (QED) is 0.814. The van der Waals surface area contributed by atoms with Gasteiger partial charge in [0.1, 0.15) is 0 Å². The maximum absolute atomic E-state index is 11.8. The Labute approximate surface area is 149 Å². The van der Waals surface area contributed by atoms with Gasteiger partial charge in [-0.1, -0.05) is 45.0 Å². The van der Waals surface area contributed by atoms with Crippen LogP contribution in [0.5, 0.6) is 0 Å². The third kappa shape index (κ3) is 6.84. The average Bonchev–Trinajstić information content (AvgIpc) is 2.59. The Morgan fingerprint density at radius 3 is 2.24 bits per heavy atom. The Kier molecular flexibility index (Phi) is 6.96. The van der Waals surface area contributed by atoms with E-state index in [9.17, 15) is 9.59 Å². The van der Waals surface area contributed by atoms with Crippen LogP contribution < -0.4 is 10.6 Å². The molecule has 1 aromatic carbocycles. The second kappa shape index (κ2) is 8.97. The minimum atomic E-state index is -0.489. The van der Waals surface area contributed by atoms with E-state index >= 15 is 0 Å². The SMILES string of the molecule is CC(C)(C)C(=O)NCC(=O)NCc1ccc(CN2CCOCC2)cc1. The molecule has 0 unspecified atom stereocenters. The van der Waals surface area contributed by atoms with Gasteiger partial charge in [-0.3, -0.25) is 14.5 Å². The molecule has 0 aromatic heterocycles. The first-order valence-electron chi connectivity index (χ1n) is 8.77. The van der Waals surface area contributed by atoms with E-state index in [2.05, 4.69) is 27.7 Å². The molecule has 2 amide bonds. The maximum atomic E-state index is 11.8. The molecule has 6 heteroatoms. The minimum Gasteiger partial charge on any atom is -0.379 e. The van der Waals surface area contributed by atoms with Crippen LogP contribution >= 0.6 is 0 Å². The van der Waals surface area contributed by atoms with Crippen LogP contribution in [0.2, 0.25) is 0 Å². The number of ether oxygens (including phenoxy) is 1. The molecule has 0 bridgehead atoms. The van der Waals surface area contributed by atoms with Gasteiger partial charge in [-0.25, -0.2) is 0 Å².